The molecule has 9 heteroatoms. The normalized spacial score (nSPS) is 11.7. The Morgan fingerprint density at radius 2 is 2.19 bits per heavy atom. The number of halogens is 1. The van der Waals surface area contributed by atoms with Gasteiger partial charge < -0.3 is 9.84 Å². The summed E-state index contributed by atoms with van der Waals surface area (Å²) in [5.41, 5.74) is 0.678. The van der Waals surface area contributed by atoms with Gasteiger partial charge in [-0.25, -0.2) is 17.5 Å². The molecule has 21 heavy (non-hydrogen) atoms. The van der Waals surface area contributed by atoms with Crippen molar-refractivity contribution < 1.29 is 17.3 Å². The standard InChI is InChI=1S/C12H15FN4O3S/c1-14-7-9-2-3-10(13)11(6-9)21(18,19)16-5-4-12-15-8-20-17-12/h2-3,6,8,14,16H,4-5,7H2,1H3. The summed E-state index contributed by atoms with van der Waals surface area (Å²) in [4.78, 5) is 3.40. The van der Waals surface area contributed by atoms with Gasteiger partial charge in [0.25, 0.3) is 0 Å². The molecule has 0 unspecified atom stereocenters. The first kappa shape index (κ1) is 15.5. The van der Waals surface area contributed by atoms with Crippen LogP contribution in [0, 0.1) is 5.82 Å². The zero-order chi connectivity index (χ0) is 15.3. The van der Waals surface area contributed by atoms with E-state index in [0.717, 1.165) is 12.5 Å². The summed E-state index contributed by atoms with van der Waals surface area (Å²) in [6.07, 6.45) is 1.41. The summed E-state index contributed by atoms with van der Waals surface area (Å²) in [7, 11) is -2.20. The zero-order valence-corrected chi connectivity index (χ0v) is 12.2. The number of sulfonamides is 1. The van der Waals surface area contributed by atoms with E-state index in [1.807, 2.05) is 0 Å². The maximum Gasteiger partial charge on any atom is 0.243 e. The molecule has 1 heterocycles. The summed E-state index contributed by atoms with van der Waals surface area (Å²) >= 11 is 0. The van der Waals surface area contributed by atoms with Gasteiger partial charge in [-0.1, -0.05) is 11.2 Å². The second kappa shape index (κ2) is 6.74. The Labute approximate surface area is 121 Å². The van der Waals surface area contributed by atoms with E-state index >= 15 is 0 Å². The van der Waals surface area contributed by atoms with Crippen LogP contribution in [0.3, 0.4) is 0 Å². The molecular formula is C12H15FN4O3S. The molecule has 0 aliphatic carbocycles. The molecule has 0 aliphatic heterocycles. The molecule has 7 nitrogen and oxygen atoms in total. The van der Waals surface area contributed by atoms with Crippen molar-refractivity contribution in [3.63, 3.8) is 0 Å². The Kier molecular flexibility index (Phi) is 4.99. The molecule has 0 aliphatic rings. The molecule has 0 radical (unpaired) electrons. The summed E-state index contributed by atoms with van der Waals surface area (Å²) in [5, 5.41) is 6.44. The lowest BCUT2D eigenvalue weighted by molar-refractivity contribution is 0.409. The molecule has 0 saturated heterocycles. The fourth-order valence-corrected chi connectivity index (χ4v) is 2.90. The van der Waals surface area contributed by atoms with Crippen LogP contribution in [0.2, 0.25) is 0 Å². The number of nitrogens with one attached hydrogen (secondary N) is 2. The van der Waals surface area contributed by atoms with E-state index < -0.39 is 15.8 Å². The Balaban J connectivity index is 2.09. The Morgan fingerprint density at radius 1 is 1.38 bits per heavy atom. The van der Waals surface area contributed by atoms with Crippen LogP contribution in [0.5, 0.6) is 0 Å². The quantitative estimate of drug-likeness (QED) is 0.770. The van der Waals surface area contributed by atoms with E-state index in [0.29, 0.717) is 17.9 Å². The lowest BCUT2D eigenvalue weighted by Gasteiger charge is -2.09. The van der Waals surface area contributed by atoms with E-state index in [1.165, 1.54) is 12.1 Å². The zero-order valence-electron chi connectivity index (χ0n) is 11.3. The molecule has 2 rings (SSSR count). The van der Waals surface area contributed by atoms with Crippen LogP contribution in [0.25, 0.3) is 0 Å². The molecule has 114 valence electrons. The third kappa shape index (κ3) is 4.06. The van der Waals surface area contributed by atoms with Crippen LogP contribution in [-0.2, 0) is 23.0 Å². The van der Waals surface area contributed by atoms with E-state index in [2.05, 4.69) is 24.7 Å². The molecule has 2 aromatic rings. The van der Waals surface area contributed by atoms with Crippen molar-refractivity contribution in [2.24, 2.45) is 0 Å². The number of rotatable bonds is 7. The van der Waals surface area contributed by atoms with Gasteiger partial charge in [-0.2, -0.15) is 4.98 Å². The first-order chi connectivity index (χ1) is 10.0. The summed E-state index contributed by atoms with van der Waals surface area (Å²) in [5.74, 6) is -0.413. The molecule has 0 bridgehead atoms. The van der Waals surface area contributed by atoms with Gasteiger partial charge in [0.15, 0.2) is 5.82 Å². The molecule has 0 saturated carbocycles. The molecule has 2 N–H and O–H groups in total. The van der Waals surface area contributed by atoms with E-state index in [9.17, 15) is 12.8 Å². The molecular weight excluding hydrogens is 299 g/mol. The van der Waals surface area contributed by atoms with E-state index in [4.69, 9.17) is 0 Å². The highest BCUT2D eigenvalue weighted by atomic mass is 32.2. The van der Waals surface area contributed by atoms with Gasteiger partial charge in [-0.3, -0.25) is 0 Å². The van der Waals surface area contributed by atoms with Gasteiger partial charge in [-0.05, 0) is 24.7 Å². The van der Waals surface area contributed by atoms with Crippen LogP contribution in [0.15, 0.2) is 34.0 Å². The van der Waals surface area contributed by atoms with Crippen LogP contribution in [0.4, 0.5) is 4.39 Å². The monoisotopic (exact) mass is 314 g/mol. The smallest absolute Gasteiger partial charge is 0.243 e. The Bertz CT molecular complexity index is 689. The highest BCUT2D eigenvalue weighted by molar-refractivity contribution is 7.89. The second-order valence-electron chi connectivity index (χ2n) is 4.29. The van der Waals surface area contributed by atoms with E-state index in [-0.39, 0.29) is 17.9 Å². The molecule has 1 aromatic carbocycles. The van der Waals surface area contributed by atoms with Crippen molar-refractivity contribution in [2.75, 3.05) is 13.6 Å². The topological polar surface area (TPSA) is 97.1 Å². The minimum Gasteiger partial charge on any atom is -0.343 e. The van der Waals surface area contributed by atoms with Crippen molar-refractivity contribution in [1.29, 1.82) is 0 Å². The molecule has 0 amide bonds. The SMILES string of the molecule is CNCc1ccc(F)c(S(=O)(=O)NCCc2ncon2)c1. The largest absolute Gasteiger partial charge is 0.343 e. The minimum atomic E-state index is -3.92. The van der Waals surface area contributed by atoms with Crippen molar-refractivity contribution >= 4 is 10.0 Å². The van der Waals surface area contributed by atoms with Gasteiger partial charge >= 0.3 is 0 Å². The first-order valence-electron chi connectivity index (χ1n) is 6.21. The average molecular weight is 314 g/mol. The fourth-order valence-electron chi connectivity index (χ4n) is 1.75. The summed E-state index contributed by atoms with van der Waals surface area (Å²) in [6, 6.07) is 3.98. The maximum absolute atomic E-state index is 13.7. The molecule has 0 spiro atoms. The minimum absolute atomic E-state index is 0.0531. The van der Waals surface area contributed by atoms with Gasteiger partial charge in [0, 0.05) is 19.5 Å². The van der Waals surface area contributed by atoms with Crippen molar-refractivity contribution in [2.45, 2.75) is 17.9 Å². The maximum atomic E-state index is 13.7. The van der Waals surface area contributed by atoms with E-state index in [1.54, 1.807) is 7.05 Å². The fraction of sp³-hybridized carbons (Fsp3) is 0.333. The Hall–Kier alpha value is -1.84. The van der Waals surface area contributed by atoms with Crippen LogP contribution in [0.1, 0.15) is 11.4 Å². The number of hydrogen-bond donors (Lipinski definition) is 2. The first-order valence-corrected chi connectivity index (χ1v) is 7.69. The number of hydrogen-bond acceptors (Lipinski definition) is 6. The predicted octanol–water partition coefficient (Wildman–Crippen LogP) is 0.449. The number of nitrogens with zero attached hydrogens (tertiary/aromatic N) is 2. The lowest BCUT2D eigenvalue weighted by atomic mass is 10.2. The molecule has 0 fully saturated rings. The van der Waals surface area contributed by atoms with Crippen molar-refractivity contribution in [3.8, 4) is 0 Å². The van der Waals surface area contributed by atoms with Crippen molar-refractivity contribution in [3.05, 3.63) is 41.8 Å². The third-order valence-electron chi connectivity index (χ3n) is 2.71. The third-order valence-corrected chi connectivity index (χ3v) is 4.19. The summed E-state index contributed by atoms with van der Waals surface area (Å²) < 4.78 is 44.8. The highest BCUT2D eigenvalue weighted by Gasteiger charge is 2.19. The van der Waals surface area contributed by atoms with Crippen molar-refractivity contribution in [1.82, 2.24) is 20.2 Å². The second-order valence-corrected chi connectivity index (χ2v) is 6.03. The van der Waals surface area contributed by atoms with Gasteiger partial charge in [0.2, 0.25) is 16.4 Å². The summed E-state index contributed by atoms with van der Waals surface area (Å²) in [6.45, 7) is 0.503. The highest BCUT2D eigenvalue weighted by Crippen LogP contribution is 2.16. The number of aromatic nitrogens is 2. The molecule has 1 aromatic heterocycles. The molecule has 0 atom stereocenters. The van der Waals surface area contributed by atoms with Gasteiger partial charge in [-0.15, -0.1) is 0 Å². The van der Waals surface area contributed by atoms with Crippen LogP contribution in [-0.4, -0.2) is 32.2 Å². The predicted molar refractivity (Wildman–Crippen MR) is 72.4 cm³/mol. The number of benzene rings is 1. The van der Waals surface area contributed by atoms with Gasteiger partial charge in [0.1, 0.15) is 10.7 Å². The Morgan fingerprint density at radius 3 is 2.86 bits per heavy atom. The average Bonchev–Trinajstić information content (AvgIpc) is 2.94. The van der Waals surface area contributed by atoms with Crippen LogP contribution >= 0.6 is 0 Å². The van der Waals surface area contributed by atoms with Gasteiger partial charge in [0.05, 0.1) is 0 Å². The van der Waals surface area contributed by atoms with Crippen LogP contribution < -0.4 is 10.0 Å². The lowest BCUT2D eigenvalue weighted by Crippen LogP contribution is -2.27.